The molecule has 0 fully saturated rings. The van der Waals surface area contributed by atoms with Crippen molar-refractivity contribution in [3.8, 4) is 0 Å². The monoisotopic (exact) mass is 186 g/mol. The smallest absolute Gasteiger partial charge is 0.278 e. The van der Waals surface area contributed by atoms with Crippen LogP contribution in [-0.4, -0.2) is 4.98 Å². The molecule has 0 aliphatic heterocycles. The van der Waals surface area contributed by atoms with E-state index < -0.39 is 0 Å². The number of aryl methyl sites for hydroxylation is 1. The maximum atomic E-state index is 3.72. The molecule has 0 unspecified atom stereocenters. The van der Waals surface area contributed by atoms with Crippen LogP contribution in [0.1, 0.15) is 25.6 Å². The van der Waals surface area contributed by atoms with E-state index >= 15 is 0 Å². The summed E-state index contributed by atoms with van der Waals surface area (Å²) in [5.41, 5.74) is 0. The normalized spacial score (nSPS) is 9.08. The first-order chi connectivity index (χ1) is 5.38. The lowest BCUT2D eigenvalue weighted by atomic mass is 10.3. The number of aromatic nitrogens is 2. The molecule has 0 bridgehead atoms. The van der Waals surface area contributed by atoms with Crippen LogP contribution >= 0.6 is 0 Å². The van der Waals surface area contributed by atoms with Gasteiger partial charge in [0.15, 0.2) is 0 Å². The van der Waals surface area contributed by atoms with Crippen LogP contribution in [0, 0.1) is 0 Å². The Bertz CT molecular complexity index is 230. The van der Waals surface area contributed by atoms with Crippen LogP contribution in [0.4, 0.5) is 0 Å². The lowest BCUT2D eigenvalue weighted by Crippen LogP contribution is -3.00. The van der Waals surface area contributed by atoms with Crippen LogP contribution < -0.4 is 17.0 Å². The van der Waals surface area contributed by atoms with E-state index in [1.807, 2.05) is 18.5 Å². The van der Waals surface area contributed by atoms with Crippen LogP contribution in [0.25, 0.3) is 6.08 Å². The van der Waals surface area contributed by atoms with Gasteiger partial charge in [-0.25, -0.2) is 9.55 Å². The number of halogens is 1. The molecule has 1 N–H and O–H groups in total. The summed E-state index contributed by atoms with van der Waals surface area (Å²) < 4.78 is 2.18. The van der Waals surface area contributed by atoms with E-state index in [4.69, 9.17) is 0 Å². The number of nitrogens with one attached hydrogen (secondary N) is 1. The standard InChI is InChI=1S/C9H14N2.ClH/c1-3-5-7-11-8-6-10-9(11)4-2;/h4,6,8H,2-3,5,7H2,1H3;1H. The van der Waals surface area contributed by atoms with E-state index in [9.17, 15) is 0 Å². The molecule has 0 aromatic carbocycles. The molecule has 1 aromatic rings. The molecule has 2 nitrogen and oxygen atoms in total. The molecule has 1 rings (SSSR count). The van der Waals surface area contributed by atoms with Gasteiger partial charge >= 0.3 is 0 Å². The van der Waals surface area contributed by atoms with Crippen LogP contribution in [0.5, 0.6) is 0 Å². The molecule has 68 valence electrons. The highest BCUT2D eigenvalue weighted by molar-refractivity contribution is 5.31. The molecule has 1 aromatic heterocycles. The first-order valence-corrected chi connectivity index (χ1v) is 4.07. The predicted octanol–water partition coefficient (Wildman–Crippen LogP) is -1.25. The number of hydrogen-bond donors (Lipinski definition) is 1. The summed E-state index contributed by atoms with van der Waals surface area (Å²) in [7, 11) is 0. The Kier molecular flexibility index (Phi) is 5.47. The summed E-state index contributed by atoms with van der Waals surface area (Å²) in [6.07, 6.45) is 8.28. The van der Waals surface area contributed by atoms with Crippen molar-refractivity contribution in [2.24, 2.45) is 0 Å². The molecular formula is C9H15ClN2. The van der Waals surface area contributed by atoms with Crippen LogP contribution in [0.2, 0.25) is 0 Å². The summed E-state index contributed by atoms with van der Waals surface area (Å²) in [6, 6.07) is 0. The molecule has 0 amide bonds. The fraction of sp³-hybridized carbons (Fsp3) is 0.444. The number of nitrogens with zero attached hydrogens (tertiary/aromatic N) is 1. The van der Waals surface area contributed by atoms with E-state index in [1.54, 1.807) is 0 Å². The Morgan fingerprint density at radius 2 is 2.42 bits per heavy atom. The summed E-state index contributed by atoms with van der Waals surface area (Å²) >= 11 is 0. The Morgan fingerprint density at radius 3 is 3.00 bits per heavy atom. The Hall–Kier alpha value is -0.760. The largest absolute Gasteiger partial charge is 1.00 e. The molecular weight excluding hydrogens is 172 g/mol. The highest BCUT2D eigenvalue weighted by Gasteiger charge is 2.03. The average Bonchev–Trinajstić information content (AvgIpc) is 2.47. The summed E-state index contributed by atoms with van der Waals surface area (Å²) in [6.45, 7) is 7.00. The minimum Gasteiger partial charge on any atom is -1.00 e. The van der Waals surface area contributed by atoms with Crippen molar-refractivity contribution >= 4 is 6.08 Å². The van der Waals surface area contributed by atoms with Gasteiger partial charge in [0.25, 0.3) is 5.82 Å². The van der Waals surface area contributed by atoms with Gasteiger partial charge in [-0.1, -0.05) is 19.9 Å². The molecule has 1 heterocycles. The zero-order valence-corrected chi connectivity index (χ0v) is 8.14. The zero-order chi connectivity index (χ0) is 8.10. The van der Waals surface area contributed by atoms with Gasteiger partial charge in [-0.05, 0) is 6.42 Å². The third kappa shape index (κ3) is 2.70. The molecule has 0 aliphatic rings. The van der Waals surface area contributed by atoms with E-state index in [1.165, 1.54) is 12.8 Å². The molecule has 0 spiro atoms. The molecule has 0 aliphatic carbocycles. The minimum atomic E-state index is 0. The quantitative estimate of drug-likeness (QED) is 0.568. The van der Waals surface area contributed by atoms with Gasteiger partial charge in [-0.15, -0.1) is 0 Å². The second kappa shape index (κ2) is 5.84. The zero-order valence-electron chi connectivity index (χ0n) is 7.39. The number of H-pyrrole nitrogens is 1. The average molecular weight is 187 g/mol. The van der Waals surface area contributed by atoms with Crippen molar-refractivity contribution < 1.29 is 17.0 Å². The lowest BCUT2D eigenvalue weighted by molar-refractivity contribution is -0.697. The molecule has 0 saturated carbocycles. The second-order valence-corrected chi connectivity index (χ2v) is 2.60. The van der Waals surface area contributed by atoms with Gasteiger partial charge in [-0.3, -0.25) is 0 Å². The number of hydrogen-bond acceptors (Lipinski definition) is 0. The van der Waals surface area contributed by atoms with Gasteiger partial charge < -0.3 is 12.4 Å². The second-order valence-electron chi connectivity index (χ2n) is 2.60. The van der Waals surface area contributed by atoms with Crippen molar-refractivity contribution in [1.82, 2.24) is 4.98 Å². The van der Waals surface area contributed by atoms with Crippen molar-refractivity contribution in [2.75, 3.05) is 0 Å². The van der Waals surface area contributed by atoms with Crippen LogP contribution in [0.15, 0.2) is 19.0 Å². The van der Waals surface area contributed by atoms with Crippen LogP contribution in [-0.2, 0) is 6.54 Å². The Morgan fingerprint density at radius 1 is 1.67 bits per heavy atom. The van der Waals surface area contributed by atoms with E-state index in [-0.39, 0.29) is 12.4 Å². The topological polar surface area (TPSA) is 19.7 Å². The van der Waals surface area contributed by atoms with Crippen molar-refractivity contribution in [2.45, 2.75) is 26.3 Å². The van der Waals surface area contributed by atoms with Crippen LogP contribution in [0.3, 0.4) is 0 Å². The van der Waals surface area contributed by atoms with E-state index in [0.29, 0.717) is 0 Å². The maximum Gasteiger partial charge on any atom is 0.278 e. The maximum absolute atomic E-state index is 3.72. The highest BCUT2D eigenvalue weighted by Crippen LogP contribution is 1.91. The fourth-order valence-electron chi connectivity index (χ4n) is 1.08. The Balaban J connectivity index is 0.00000121. The van der Waals surface area contributed by atoms with Gasteiger partial charge in [0.2, 0.25) is 0 Å². The van der Waals surface area contributed by atoms with Crippen molar-refractivity contribution in [3.05, 3.63) is 24.8 Å². The van der Waals surface area contributed by atoms with E-state index in [2.05, 4.69) is 23.1 Å². The predicted molar refractivity (Wildman–Crippen MR) is 46.0 cm³/mol. The Labute approximate surface area is 79.7 Å². The molecule has 3 heteroatoms. The highest BCUT2D eigenvalue weighted by atomic mass is 35.5. The van der Waals surface area contributed by atoms with E-state index in [0.717, 1.165) is 12.4 Å². The first kappa shape index (κ1) is 11.2. The summed E-state index contributed by atoms with van der Waals surface area (Å²) in [5.74, 6) is 1.10. The molecule has 0 radical (unpaired) electrons. The summed E-state index contributed by atoms with van der Waals surface area (Å²) in [4.78, 5) is 3.11. The van der Waals surface area contributed by atoms with Gasteiger partial charge in [0, 0.05) is 6.08 Å². The van der Waals surface area contributed by atoms with Gasteiger partial charge in [-0.2, -0.15) is 0 Å². The van der Waals surface area contributed by atoms with Crippen molar-refractivity contribution in [3.63, 3.8) is 0 Å². The van der Waals surface area contributed by atoms with Gasteiger partial charge in [0.05, 0.1) is 6.54 Å². The van der Waals surface area contributed by atoms with Crippen molar-refractivity contribution in [1.29, 1.82) is 0 Å². The lowest BCUT2D eigenvalue weighted by Gasteiger charge is -1.94. The third-order valence-corrected chi connectivity index (χ3v) is 1.74. The molecule has 0 saturated heterocycles. The number of aromatic amines is 1. The molecule has 12 heavy (non-hydrogen) atoms. The van der Waals surface area contributed by atoms with Gasteiger partial charge in [0.1, 0.15) is 12.4 Å². The molecule has 0 atom stereocenters. The SMILES string of the molecule is C=Cc1[nH]cc[n+]1CCCC.[Cl-]. The number of unbranched alkanes of at least 4 members (excludes halogenated alkanes) is 1. The first-order valence-electron chi connectivity index (χ1n) is 4.07. The summed E-state index contributed by atoms with van der Waals surface area (Å²) in [5, 5.41) is 0. The minimum absolute atomic E-state index is 0. The number of imidazole rings is 1. The number of rotatable bonds is 4. The fourth-order valence-corrected chi connectivity index (χ4v) is 1.08. The third-order valence-electron chi connectivity index (χ3n) is 1.74.